The zero-order chi connectivity index (χ0) is 35.4. The monoisotopic (exact) mass is 721 g/mol. The third-order valence-electron chi connectivity index (χ3n) is 11.7. The van der Waals surface area contributed by atoms with Crippen LogP contribution in [0.2, 0.25) is 0 Å². The lowest BCUT2D eigenvalue weighted by Gasteiger charge is -2.32. The molecule has 3 heteroatoms. The van der Waals surface area contributed by atoms with Crippen molar-refractivity contribution in [2.75, 3.05) is 4.90 Å². The van der Waals surface area contributed by atoms with Crippen molar-refractivity contribution < 1.29 is 0 Å². The quantitative estimate of drug-likeness (QED) is 0.175. The van der Waals surface area contributed by atoms with Crippen LogP contribution in [0.15, 0.2) is 188 Å². The topological polar surface area (TPSA) is 3.24 Å². The predicted molar refractivity (Wildman–Crippen MR) is 231 cm³/mol. The second-order valence-electron chi connectivity index (χ2n) is 14.4. The number of hydrogen-bond donors (Lipinski definition) is 0. The fraction of sp³-hybridized carbons (Fsp3) is 0.0196. The van der Waals surface area contributed by atoms with Crippen LogP contribution < -0.4 is 4.90 Å². The standard InChI is InChI=1S/C51H31NS2/c1-2-12-32(13-3-1)33-22-24-34(25-23-33)52(35-27-29-48-42(30-35)39-15-6-10-20-46(39)53-48)36-26-28-38-37-14-4-8-18-43(37)51(45(38)31-36)44-19-9-5-16-40(44)50-49(51)41-17-7-11-21-47(41)54-50/h1-31H. The van der Waals surface area contributed by atoms with Gasteiger partial charge >= 0.3 is 0 Å². The SMILES string of the molecule is c1ccc(-c2ccc(N(c3ccc4c(c3)C3(c5ccccc5-4)c4ccccc4-c4sc5ccccc5c43)c3ccc4sc5ccccc5c4c3)cc2)cc1. The number of thiophene rings is 2. The Labute approximate surface area is 321 Å². The van der Waals surface area contributed by atoms with E-state index >= 15 is 0 Å². The van der Waals surface area contributed by atoms with E-state index in [0.717, 1.165) is 17.1 Å². The third kappa shape index (κ3) is 4.08. The summed E-state index contributed by atoms with van der Waals surface area (Å²) >= 11 is 3.80. The second-order valence-corrected chi connectivity index (χ2v) is 16.5. The average Bonchev–Trinajstić information content (AvgIpc) is 3.96. The van der Waals surface area contributed by atoms with Gasteiger partial charge in [-0.15, -0.1) is 22.7 Å². The van der Waals surface area contributed by atoms with Crippen LogP contribution in [0, 0.1) is 0 Å². The molecule has 10 aromatic rings. The number of benzene rings is 8. The van der Waals surface area contributed by atoms with Gasteiger partial charge in [-0.25, -0.2) is 0 Å². The van der Waals surface area contributed by atoms with E-state index in [1.165, 1.54) is 85.2 Å². The summed E-state index contributed by atoms with van der Waals surface area (Å²) < 4.78 is 3.97. The molecule has 0 radical (unpaired) electrons. The van der Waals surface area contributed by atoms with Gasteiger partial charge in [-0.3, -0.25) is 0 Å². The van der Waals surface area contributed by atoms with Crippen molar-refractivity contribution >= 4 is 70.0 Å². The molecule has 0 N–H and O–H groups in total. The molecule has 1 spiro atoms. The molecule has 0 amide bonds. The Morgan fingerprint density at radius 2 is 0.907 bits per heavy atom. The number of nitrogens with zero attached hydrogens (tertiary/aromatic N) is 1. The maximum Gasteiger partial charge on any atom is 0.0740 e. The Morgan fingerprint density at radius 1 is 0.352 bits per heavy atom. The van der Waals surface area contributed by atoms with E-state index in [1.54, 1.807) is 0 Å². The summed E-state index contributed by atoms with van der Waals surface area (Å²) in [7, 11) is 0. The molecule has 252 valence electrons. The molecule has 0 saturated heterocycles. The van der Waals surface area contributed by atoms with E-state index in [1.807, 2.05) is 22.7 Å². The number of rotatable bonds is 4. The summed E-state index contributed by atoms with van der Waals surface area (Å²) in [5, 5.41) is 3.95. The van der Waals surface area contributed by atoms with E-state index in [9.17, 15) is 0 Å². The summed E-state index contributed by atoms with van der Waals surface area (Å²) in [5.41, 5.74) is 14.9. The van der Waals surface area contributed by atoms with Crippen molar-refractivity contribution in [2.24, 2.45) is 0 Å². The van der Waals surface area contributed by atoms with Crippen LogP contribution in [0.5, 0.6) is 0 Å². The lowest BCUT2D eigenvalue weighted by molar-refractivity contribution is 0.802. The van der Waals surface area contributed by atoms with Gasteiger partial charge in [0.05, 0.1) is 5.41 Å². The largest absolute Gasteiger partial charge is 0.310 e. The minimum Gasteiger partial charge on any atom is -0.310 e. The molecule has 0 aliphatic heterocycles. The van der Waals surface area contributed by atoms with Crippen LogP contribution in [0.25, 0.3) is 63.0 Å². The molecule has 0 saturated carbocycles. The van der Waals surface area contributed by atoms with Crippen molar-refractivity contribution in [3.05, 3.63) is 210 Å². The summed E-state index contributed by atoms with van der Waals surface area (Å²) in [6, 6.07) is 70.1. The van der Waals surface area contributed by atoms with Gasteiger partial charge in [-0.05, 0) is 110 Å². The Morgan fingerprint density at radius 3 is 1.72 bits per heavy atom. The molecule has 0 bridgehead atoms. The molecule has 1 nitrogen and oxygen atoms in total. The normalized spacial score (nSPS) is 15.1. The Balaban J connectivity index is 1.13. The summed E-state index contributed by atoms with van der Waals surface area (Å²) in [6.07, 6.45) is 0. The third-order valence-corrected chi connectivity index (χ3v) is 14.0. The van der Waals surface area contributed by atoms with Crippen molar-refractivity contribution in [1.82, 2.24) is 0 Å². The van der Waals surface area contributed by atoms with Crippen LogP contribution in [0.4, 0.5) is 17.1 Å². The van der Waals surface area contributed by atoms with Gasteiger partial charge in [0.1, 0.15) is 0 Å². The molecule has 2 aliphatic rings. The lowest BCUT2D eigenvalue weighted by Crippen LogP contribution is -2.26. The number of fused-ring (bicyclic) bond motifs is 15. The molecule has 1 atom stereocenters. The van der Waals surface area contributed by atoms with Gasteiger partial charge in [-0.2, -0.15) is 0 Å². The van der Waals surface area contributed by atoms with Crippen molar-refractivity contribution in [3.63, 3.8) is 0 Å². The molecule has 1 unspecified atom stereocenters. The predicted octanol–water partition coefficient (Wildman–Crippen LogP) is 14.7. The van der Waals surface area contributed by atoms with Gasteiger partial charge in [0.15, 0.2) is 0 Å². The van der Waals surface area contributed by atoms with Gasteiger partial charge in [-0.1, -0.05) is 133 Å². The minimum absolute atomic E-state index is 0.427. The molecule has 2 aromatic heterocycles. The lowest BCUT2D eigenvalue weighted by atomic mass is 9.70. The first-order chi connectivity index (χ1) is 26.8. The van der Waals surface area contributed by atoms with E-state index in [4.69, 9.17) is 0 Å². The summed E-state index contributed by atoms with van der Waals surface area (Å²) in [4.78, 5) is 3.86. The minimum atomic E-state index is -0.427. The van der Waals surface area contributed by atoms with Crippen LogP contribution >= 0.6 is 22.7 Å². The Hall–Kier alpha value is -6.26. The molecule has 54 heavy (non-hydrogen) atoms. The van der Waals surface area contributed by atoms with Crippen molar-refractivity contribution in [1.29, 1.82) is 0 Å². The molecular weight excluding hydrogens is 691 g/mol. The van der Waals surface area contributed by atoms with Crippen LogP contribution in [-0.2, 0) is 5.41 Å². The maximum atomic E-state index is 2.51. The fourth-order valence-corrected chi connectivity index (χ4v) is 11.8. The Bertz CT molecular complexity index is 3110. The maximum absolute atomic E-state index is 2.51. The number of hydrogen-bond acceptors (Lipinski definition) is 3. The van der Waals surface area contributed by atoms with Crippen LogP contribution in [-0.4, -0.2) is 0 Å². The van der Waals surface area contributed by atoms with E-state index in [2.05, 4.69) is 193 Å². The molecule has 8 aromatic carbocycles. The van der Waals surface area contributed by atoms with Gasteiger partial charge < -0.3 is 4.90 Å². The van der Waals surface area contributed by atoms with Crippen molar-refractivity contribution in [2.45, 2.75) is 5.41 Å². The Kier molecular flexibility index (Phi) is 6.36. The highest BCUT2D eigenvalue weighted by Crippen LogP contribution is 2.66. The van der Waals surface area contributed by atoms with Crippen molar-refractivity contribution in [3.8, 4) is 32.7 Å². The van der Waals surface area contributed by atoms with Crippen LogP contribution in [0.3, 0.4) is 0 Å². The first-order valence-corrected chi connectivity index (χ1v) is 20.1. The zero-order valence-electron chi connectivity index (χ0n) is 29.2. The van der Waals surface area contributed by atoms with Gasteiger partial charge in [0.2, 0.25) is 0 Å². The molecule has 2 heterocycles. The molecule has 12 rings (SSSR count). The van der Waals surface area contributed by atoms with Crippen LogP contribution in [0.1, 0.15) is 22.3 Å². The molecular formula is C51H31NS2. The number of anilines is 3. The average molecular weight is 722 g/mol. The molecule has 2 aliphatic carbocycles. The van der Waals surface area contributed by atoms with Gasteiger partial charge in [0.25, 0.3) is 0 Å². The highest BCUT2D eigenvalue weighted by molar-refractivity contribution is 7.25. The van der Waals surface area contributed by atoms with E-state index in [0.29, 0.717) is 0 Å². The van der Waals surface area contributed by atoms with E-state index in [-0.39, 0.29) is 0 Å². The fourth-order valence-electron chi connectivity index (χ4n) is 9.45. The van der Waals surface area contributed by atoms with Gasteiger partial charge in [0, 0.05) is 46.8 Å². The highest BCUT2D eigenvalue weighted by atomic mass is 32.1. The first kappa shape index (κ1) is 30.2. The smallest absolute Gasteiger partial charge is 0.0740 e. The zero-order valence-corrected chi connectivity index (χ0v) is 30.8. The summed E-state index contributed by atoms with van der Waals surface area (Å²) in [6.45, 7) is 0. The van der Waals surface area contributed by atoms with E-state index < -0.39 is 5.41 Å². The second kappa shape index (κ2) is 11.4. The molecule has 0 fully saturated rings. The highest BCUT2D eigenvalue weighted by Gasteiger charge is 2.53. The first-order valence-electron chi connectivity index (χ1n) is 18.5. The summed E-state index contributed by atoms with van der Waals surface area (Å²) in [5.74, 6) is 0.